The Balaban J connectivity index is 1.92. The monoisotopic (exact) mass is 413 g/mol. The molecule has 0 bridgehead atoms. The summed E-state index contributed by atoms with van der Waals surface area (Å²) in [4.78, 5) is 10.9. The predicted molar refractivity (Wildman–Crippen MR) is 112 cm³/mol. The summed E-state index contributed by atoms with van der Waals surface area (Å²) < 4.78 is 1.98. The van der Waals surface area contributed by atoms with Gasteiger partial charge in [-0.05, 0) is 36.4 Å². The van der Waals surface area contributed by atoms with Crippen molar-refractivity contribution in [1.82, 2.24) is 14.8 Å². The van der Waals surface area contributed by atoms with Crippen molar-refractivity contribution in [2.75, 3.05) is 5.75 Å². The van der Waals surface area contributed by atoms with Gasteiger partial charge in [-0.3, -0.25) is 14.4 Å². The van der Waals surface area contributed by atoms with Gasteiger partial charge in [-0.25, -0.2) is 5.90 Å². The Morgan fingerprint density at radius 1 is 1.18 bits per heavy atom. The average Bonchev–Trinajstić information content (AvgIpc) is 3.03. The van der Waals surface area contributed by atoms with E-state index in [0.717, 1.165) is 40.5 Å². The Hall–Kier alpha value is -2.19. The number of nitrogens with two attached hydrogens (primary N) is 1. The highest BCUT2D eigenvalue weighted by molar-refractivity contribution is 7.99. The van der Waals surface area contributed by atoms with Crippen molar-refractivity contribution in [3.8, 4) is 5.69 Å². The number of rotatable bonds is 6. The van der Waals surface area contributed by atoms with Crippen LogP contribution in [0.25, 0.3) is 5.69 Å². The van der Waals surface area contributed by atoms with Crippen molar-refractivity contribution in [2.45, 2.75) is 31.4 Å². The van der Waals surface area contributed by atoms with E-state index in [1.165, 1.54) is 4.90 Å². The molecule has 2 aromatic carbocycles. The third-order valence-electron chi connectivity index (χ3n) is 4.45. The molecule has 28 heavy (non-hydrogen) atoms. The average molecular weight is 414 g/mol. The Morgan fingerprint density at radius 2 is 2.04 bits per heavy atom. The number of halogens is 1. The largest absolute Gasteiger partial charge is 0.296 e. The number of hydrogen-bond acceptors (Lipinski definition) is 6. The fourth-order valence-corrected chi connectivity index (χ4v) is 4.26. The van der Waals surface area contributed by atoms with Crippen molar-refractivity contribution in [3.63, 3.8) is 0 Å². The fraction of sp³-hybridized carbons (Fsp3) is 0.250. The zero-order valence-corrected chi connectivity index (χ0v) is 17.0. The third kappa shape index (κ3) is 3.58. The number of fused-ring (bicyclic) bond motifs is 3. The van der Waals surface area contributed by atoms with E-state index in [1.807, 2.05) is 40.6 Å². The van der Waals surface area contributed by atoms with Crippen LogP contribution in [0.1, 0.15) is 36.1 Å². The molecule has 0 saturated carbocycles. The quantitative estimate of drug-likeness (QED) is 0.484. The Labute approximate surface area is 172 Å². The van der Waals surface area contributed by atoms with E-state index in [4.69, 9.17) is 27.3 Å². The van der Waals surface area contributed by atoms with Crippen LogP contribution in [-0.4, -0.2) is 26.2 Å². The molecule has 2 heterocycles. The van der Waals surface area contributed by atoms with Gasteiger partial charge in [0, 0.05) is 21.0 Å². The molecule has 0 saturated heterocycles. The lowest BCUT2D eigenvalue weighted by atomic mass is 10.0. The summed E-state index contributed by atoms with van der Waals surface area (Å²) in [6.07, 6.45) is 1.11. The minimum atomic E-state index is 0.167. The molecular formula is C20H20ClN5OS. The van der Waals surface area contributed by atoms with E-state index in [1.54, 1.807) is 0 Å². The molecule has 3 aromatic rings. The molecule has 1 aromatic heterocycles. The summed E-state index contributed by atoms with van der Waals surface area (Å²) in [6, 6.07) is 14.1. The molecule has 0 atom stereocenters. The van der Waals surface area contributed by atoms with Crippen LogP contribution in [0.4, 0.5) is 0 Å². The van der Waals surface area contributed by atoms with Crippen LogP contribution in [0.5, 0.6) is 0 Å². The van der Waals surface area contributed by atoms with Crippen LogP contribution in [0.15, 0.2) is 52.4 Å². The summed E-state index contributed by atoms with van der Waals surface area (Å²) in [6.45, 7) is 2.74. The van der Waals surface area contributed by atoms with Gasteiger partial charge in [0.25, 0.3) is 0 Å². The number of thioether (sulfide) groups is 1. The van der Waals surface area contributed by atoms with E-state index >= 15 is 0 Å². The highest BCUT2D eigenvalue weighted by Crippen LogP contribution is 2.32. The normalized spacial score (nSPS) is 12.9. The van der Waals surface area contributed by atoms with Gasteiger partial charge in [0.05, 0.1) is 11.4 Å². The standard InChI is InChI=1S/C20H20ClN5OS/c1-2-9-28-13-7-8-17-15(10-13)20(14-5-3-4-6-16(14)21)23-11-18-24-25-19(12-27-22)26(17)18/h3-8,10H,2,9,11-12,22H2,1H3. The van der Waals surface area contributed by atoms with Crippen LogP contribution in [0, 0.1) is 0 Å². The number of hydrogen-bond donors (Lipinski definition) is 1. The second-order valence-electron chi connectivity index (χ2n) is 6.35. The molecular weight excluding hydrogens is 394 g/mol. The molecule has 0 amide bonds. The zero-order chi connectivity index (χ0) is 19.5. The number of aromatic nitrogens is 3. The lowest BCUT2D eigenvalue weighted by Crippen LogP contribution is -2.12. The van der Waals surface area contributed by atoms with E-state index in [-0.39, 0.29) is 6.61 Å². The molecule has 4 rings (SSSR count). The van der Waals surface area contributed by atoms with Crippen LogP contribution in [-0.2, 0) is 18.0 Å². The van der Waals surface area contributed by atoms with Crippen molar-refractivity contribution in [2.24, 2.45) is 10.9 Å². The van der Waals surface area contributed by atoms with Gasteiger partial charge in [0.2, 0.25) is 0 Å². The zero-order valence-electron chi connectivity index (χ0n) is 15.4. The molecule has 0 radical (unpaired) electrons. The summed E-state index contributed by atoms with van der Waals surface area (Å²) in [5.74, 6) is 7.74. The van der Waals surface area contributed by atoms with Crippen molar-refractivity contribution in [1.29, 1.82) is 0 Å². The Morgan fingerprint density at radius 3 is 2.82 bits per heavy atom. The van der Waals surface area contributed by atoms with Crippen LogP contribution in [0.3, 0.4) is 0 Å². The smallest absolute Gasteiger partial charge is 0.165 e. The van der Waals surface area contributed by atoms with Gasteiger partial charge in [0.1, 0.15) is 13.2 Å². The maximum atomic E-state index is 6.51. The Kier molecular flexibility index (Phi) is 5.77. The molecule has 0 aliphatic carbocycles. The maximum Gasteiger partial charge on any atom is 0.165 e. The molecule has 2 N–H and O–H groups in total. The summed E-state index contributed by atoms with van der Waals surface area (Å²) >= 11 is 8.34. The lowest BCUT2D eigenvalue weighted by Gasteiger charge is -2.15. The van der Waals surface area contributed by atoms with Gasteiger partial charge < -0.3 is 0 Å². The summed E-state index contributed by atoms with van der Waals surface area (Å²) in [5.41, 5.74) is 3.69. The molecule has 1 aliphatic heterocycles. The van der Waals surface area contributed by atoms with E-state index in [9.17, 15) is 0 Å². The molecule has 0 unspecified atom stereocenters. The SMILES string of the molecule is CCCSc1ccc2c(c1)C(c1ccccc1Cl)=NCc1nnc(CON)n1-2. The second-order valence-corrected chi connectivity index (χ2v) is 7.93. The highest BCUT2D eigenvalue weighted by Gasteiger charge is 2.24. The van der Waals surface area contributed by atoms with Crippen LogP contribution in [0.2, 0.25) is 5.02 Å². The molecule has 1 aliphatic rings. The molecule has 144 valence electrons. The van der Waals surface area contributed by atoms with Crippen molar-refractivity contribution >= 4 is 29.1 Å². The summed E-state index contributed by atoms with van der Waals surface area (Å²) in [5, 5.41) is 9.18. The first-order valence-electron chi connectivity index (χ1n) is 9.04. The number of benzene rings is 2. The molecule has 6 nitrogen and oxygen atoms in total. The maximum absolute atomic E-state index is 6.51. The lowest BCUT2D eigenvalue weighted by molar-refractivity contribution is 0.117. The van der Waals surface area contributed by atoms with E-state index < -0.39 is 0 Å². The third-order valence-corrected chi connectivity index (χ3v) is 5.98. The predicted octanol–water partition coefficient (Wildman–Crippen LogP) is 4.16. The summed E-state index contributed by atoms with van der Waals surface area (Å²) in [7, 11) is 0. The second kappa shape index (κ2) is 8.45. The fourth-order valence-electron chi connectivity index (χ4n) is 3.23. The van der Waals surface area contributed by atoms with Crippen molar-refractivity contribution in [3.05, 3.63) is 70.3 Å². The van der Waals surface area contributed by atoms with Gasteiger partial charge in [-0.1, -0.05) is 36.7 Å². The molecule has 8 heteroatoms. The first-order valence-corrected chi connectivity index (χ1v) is 10.4. The topological polar surface area (TPSA) is 78.3 Å². The number of nitrogens with zero attached hydrogens (tertiary/aromatic N) is 4. The molecule has 0 spiro atoms. The first kappa shape index (κ1) is 19.1. The van der Waals surface area contributed by atoms with Gasteiger partial charge in [0.15, 0.2) is 11.6 Å². The Bertz CT molecular complexity index is 1030. The highest BCUT2D eigenvalue weighted by atomic mass is 35.5. The van der Waals surface area contributed by atoms with Crippen molar-refractivity contribution < 1.29 is 4.84 Å². The van der Waals surface area contributed by atoms with Crippen LogP contribution >= 0.6 is 23.4 Å². The number of aliphatic imine (C=N–C) groups is 1. The first-order chi connectivity index (χ1) is 13.7. The van der Waals surface area contributed by atoms with Crippen LogP contribution < -0.4 is 5.90 Å². The minimum absolute atomic E-state index is 0.167. The van der Waals surface area contributed by atoms with E-state index in [2.05, 4.69) is 35.3 Å². The van der Waals surface area contributed by atoms with Gasteiger partial charge >= 0.3 is 0 Å². The van der Waals surface area contributed by atoms with Gasteiger partial charge in [-0.2, -0.15) is 0 Å². The minimum Gasteiger partial charge on any atom is -0.296 e. The van der Waals surface area contributed by atoms with E-state index in [0.29, 0.717) is 17.4 Å². The van der Waals surface area contributed by atoms with Gasteiger partial charge in [-0.15, -0.1) is 22.0 Å². The molecule has 0 fully saturated rings.